The summed E-state index contributed by atoms with van der Waals surface area (Å²) in [5.41, 5.74) is 0. The van der Waals surface area contributed by atoms with Gasteiger partial charge in [0.25, 0.3) is 0 Å². The number of rotatable bonds is 15. The Balaban J connectivity index is -0.000000197. The van der Waals surface area contributed by atoms with Gasteiger partial charge < -0.3 is 29.7 Å². The van der Waals surface area contributed by atoms with E-state index < -0.39 is 17.9 Å². The summed E-state index contributed by atoms with van der Waals surface area (Å²) in [5.74, 6) is -0.735. The first-order valence-corrected chi connectivity index (χ1v) is 14.5. The largest absolute Gasteiger partial charge is 3.00 e. The van der Waals surface area contributed by atoms with Crippen molar-refractivity contribution in [1.82, 2.24) is 0 Å². The first-order chi connectivity index (χ1) is 16.9. The zero-order valence-corrected chi connectivity index (χ0v) is 28.3. The molecule has 0 heterocycles. The van der Waals surface area contributed by atoms with Crippen LogP contribution >= 0.6 is 0 Å². The summed E-state index contributed by atoms with van der Waals surface area (Å²) in [6, 6.07) is 0. The minimum atomic E-state index is -0.927. The molecule has 0 aliphatic heterocycles. The number of carbonyl (C=O) groups is 3. The number of hydrogen-bond donors (Lipinski definition) is 0. The average Bonchev–Trinajstić information content (AvgIpc) is 2.79. The Bertz CT molecular complexity index is 429. The minimum absolute atomic E-state index is 0. The van der Waals surface area contributed by atoms with Crippen LogP contribution in [0, 0.1) is 17.8 Å². The Hall–Kier alpha value is -0.707. The molecule has 0 aromatic carbocycles. The molecule has 1 aliphatic carbocycles. The van der Waals surface area contributed by atoms with Gasteiger partial charge in [-0.1, -0.05) is 119 Å². The molecular formula is C30H57BiO6. The molecule has 218 valence electrons. The molecule has 0 saturated heterocycles. The molecule has 6 nitrogen and oxygen atoms in total. The Kier molecular flexibility index (Phi) is 39.0. The fourth-order valence-electron chi connectivity index (χ4n) is 3.53. The summed E-state index contributed by atoms with van der Waals surface area (Å²) in [6.07, 6.45) is 18.3. The smallest absolute Gasteiger partial charge is 0.550 e. The van der Waals surface area contributed by atoms with E-state index in [2.05, 4.69) is 41.5 Å². The SMILES string of the molecule is C1CCCCC1.CC(C)CCCCC(=O)[O-].CC(C)CCCCC(=O)[O-].CC(C)CCCCC(=O)[O-].[Bi+3]. The molecule has 0 atom stereocenters. The van der Waals surface area contributed by atoms with Crippen LogP contribution in [-0.4, -0.2) is 44.1 Å². The van der Waals surface area contributed by atoms with E-state index >= 15 is 0 Å². The van der Waals surface area contributed by atoms with Crippen molar-refractivity contribution in [2.24, 2.45) is 17.8 Å². The third-order valence-electron chi connectivity index (χ3n) is 5.74. The maximum Gasteiger partial charge on any atom is 3.00 e. The van der Waals surface area contributed by atoms with Crippen molar-refractivity contribution in [2.75, 3.05) is 0 Å². The Morgan fingerprint density at radius 2 is 0.649 bits per heavy atom. The molecule has 1 fully saturated rings. The molecule has 0 unspecified atom stereocenters. The van der Waals surface area contributed by atoms with E-state index in [1.54, 1.807) is 0 Å². The summed E-state index contributed by atoms with van der Waals surface area (Å²) in [4.78, 5) is 29.8. The van der Waals surface area contributed by atoms with E-state index in [0.717, 1.165) is 57.8 Å². The number of aliphatic carboxylic acids is 3. The van der Waals surface area contributed by atoms with Gasteiger partial charge in [-0.05, 0) is 56.3 Å². The van der Waals surface area contributed by atoms with E-state index in [1.165, 1.54) is 38.5 Å². The van der Waals surface area contributed by atoms with Crippen molar-refractivity contribution in [3.8, 4) is 0 Å². The van der Waals surface area contributed by atoms with Gasteiger partial charge in [-0.15, -0.1) is 0 Å². The van der Waals surface area contributed by atoms with Gasteiger partial charge in [0.15, 0.2) is 0 Å². The van der Waals surface area contributed by atoms with Crippen molar-refractivity contribution in [1.29, 1.82) is 0 Å². The number of carbonyl (C=O) groups excluding carboxylic acids is 3. The van der Waals surface area contributed by atoms with Crippen LogP contribution in [0.2, 0.25) is 0 Å². The second-order valence-electron chi connectivity index (χ2n) is 11.2. The fourth-order valence-corrected chi connectivity index (χ4v) is 3.53. The fraction of sp³-hybridized carbons (Fsp3) is 0.900. The van der Waals surface area contributed by atoms with Crippen LogP contribution in [0.15, 0.2) is 0 Å². The molecular weight excluding hydrogens is 665 g/mol. The third kappa shape index (κ3) is 56.6. The van der Waals surface area contributed by atoms with E-state index in [1.807, 2.05) is 0 Å². The molecule has 0 aromatic rings. The summed E-state index contributed by atoms with van der Waals surface area (Å²) in [7, 11) is 0. The predicted octanol–water partition coefficient (Wildman–Crippen LogP) is 4.82. The summed E-state index contributed by atoms with van der Waals surface area (Å²) < 4.78 is 0. The van der Waals surface area contributed by atoms with E-state index in [4.69, 9.17) is 0 Å². The first-order valence-electron chi connectivity index (χ1n) is 14.5. The van der Waals surface area contributed by atoms with Gasteiger partial charge in [-0.3, -0.25) is 0 Å². The number of carboxylic acids is 3. The van der Waals surface area contributed by atoms with Crippen LogP contribution in [-0.2, 0) is 14.4 Å². The Labute approximate surface area is 247 Å². The van der Waals surface area contributed by atoms with Crippen LogP contribution in [0.4, 0.5) is 0 Å². The van der Waals surface area contributed by atoms with Gasteiger partial charge in [-0.25, -0.2) is 0 Å². The summed E-state index contributed by atoms with van der Waals surface area (Å²) >= 11 is 0. The van der Waals surface area contributed by atoms with Crippen molar-refractivity contribution < 1.29 is 29.7 Å². The van der Waals surface area contributed by atoms with Gasteiger partial charge in [0, 0.05) is 17.9 Å². The molecule has 0 N–H and O–H groups in total. The van der Waals surface area contributed by atoms with Crippen LogP contribution in [0.5, 0.6) is 0 Å². The van der Waals surface area contributed by atoms with Gasteiger partial charge in [0.05, 0.1) is 0 Å². The Morgan fingerprint density at radius 1 is 0.459 bits per heavy atom. The molecule has 0 spiro atoms. The molecule has 37 heavy (non-hydrogen) atoms. The zero-order valence-electron chi connectivity index (χ0n) is 24.9. The molecule has 7 heteroatoms. The number of unbranched alkanes of at least 4 members (excludes halogenated alkanes) is 3. The molecule has 2 radical (unpaired) electrons. The van der Waals surface area contributed by atoms with Crippen molar-refractivity contribution >= 4 is 44.1 Å². The second-order valence-corrected chi connectivity index (χ2v) is 11.2. The third-order valence-corrected chi connectivity index (χ3v) is 5.74. The summed E-state index contributed by atoms with van der Waals surface area (Å²) in [6.45, 7) is 12.8. The van der Waals surface area contributed by atoms with E-state index in [-0.39, 0.29) is 45.5 Å². The Morgan fingerprint density at radius 3 is 0.784 bits per heavy atom. The van der Waals surface area contributed by atoms with Crippen molar-refractivity contribution in [3.05, 3.63) is 0 Å². The maximum absolute atomic E-state index is 9.93. The average molecular weight is 723 g/mol. The van der Waals surface area contributed by atoms with Gasteiger partial charge in [0.2, 0.25) is 0 Å². The summed E-state index contributed by atoms with van der Waals surface area (Å²) in [5, 5.41) is 29.8. The van der Waals surface area contributed by atoms with Crippen molar-refractivity contribution in [2.45, 2.75) is 157 Å². The van der Waals surface area contributed by atoms with E-state index in [9.17, 15) is 29.7 Å². The maximum atomic E-state index is 9.93. The van der Waals surface area contributed by atoms with Crippen LogP contribution in [0.3, 0.4) is 0 Å². The van der Waals surface area contributed by atoms with Crippen LogP contribution in [0.1, 0.15) is 157 Å². The molecule has 0 aromatic heterocycles. The van der Waals surface area contributed by atoms with Crippen LogP contribution in [0.25, 0.3) is 0 Å². The molecule has 0 amide bonds. The van der Waals surface area contributed by atoms with Gasteiger partial charge in [0.1, 0.15) is 0 Å². The van der Waals surface area contributed by atoms with E-state index in [0.29, 0.717) is 17.8 Å². The number of carboxylic acid groups (broad SMARTS) is 3. The molecule has 1 rings (SSSR count). The molecule has 0 bridgehead atoms. The number of hydrogen-bond acceptors (Lipinski definition) is 6. The quantitative estimate of drug-likeness (QED) is 0.177. The van der Waals surface area contributed by atoms with Gasteiger partial charge in [-0.2, -0.15) is 0 Å². The predicted molar refractivity (Wildman–Crippen MR) is 148 cm³/mol. The minimum Gasteiger partial charge on any atom is -0.550 e. The standard InChI is InChI=1S/3C8H16O2.C6H12.Bi/c3*1-7(2)5-3-4-6-8(9)10;1-2-4-6-5-3-1;/h3*7H,3-6H2,1-2H3,(H,9,10);1-6H2;/q;;;;+3/p-3. The second kappa shape index (κ2) is 33.3. The first kappa shape index (κ1) is 43.3. The van der Waals surface area contributed by atoms with Gasteiger partial charge >= 0.3 is 26.2 Å². The van der Waals surface area contributed by atoms with Crippen molar-refractivity contribution in [3.63, 3.8) is 0 Å². The zero-order chi connectivity index (χ0) is 28.2. The molecule has 1 saturated carbocycles. The molecule has 1 aliphatic rings. The van der Waals surface area contributed by atoms with Crippen LogP contribution < -0.4 is 15.3 Å². The topological polar surface area (TPSA) is 120 Å². The normalized spacial score (nSPS) is 12.2. The monoisotopic (exact) mass is 722 g/mol.